The molecule has 0 aliphatic heterocycles. The maximum atomic E-state index is 11.7. The first-order chi connectivity index (χ1) is 17.2. The van der Waals surface area contributed by atoms with Crippen LogP contribution in [-0.4, -0.2) is 21.0 Å². The molecule has 188 valence electrons. The molecule has 1 aliphatic rings. The summed E-state index contributed by atoms with van der Waals surface area (Å²) in [5.74, 6) is -1.16. The van der Waals surface area contributed by atoms with Crippen LogP contribution < -0.4 is 0 Å². The van der Waals surface area contributed by atoms with Gasteiger partial charge >= 0.3 is 5.97 Å². The Hall–Kier alpha value is -3.04. The molecular weight excluding hydrogens is 466 g/mol. The number of aromatic nitrogens is 2. The fourth-order valence-electron chi connectivity index (χ4n) is 4.97. The zero-order chi connectivity index (χ0) is 25.7. The topological polar surface area (TPSA) is 86.9 Å². The summed E-state index contributed by atoms with van der Waals surface area (Å²) in [7, 11) is 0. The lowest BCUT2D eigenvalue weighted by molar-refractivity contribution is -0.137. The van der Waals surface area contributed by atoms with Gasteiger partial charge in [-0.15, -0.1) is 11.3 Å². The summed E-state index contributed by atoms with van der Waals surface area (Å²) in [5, 5.41) is 22.4. The quantitative estimate of drug-likeness (QED) is 0.359. The van der Waals surface area contributed by atoms with E-state index in [2.05, 4.69) is 39.0 Å². The van der Waals surface area contributed by atoms with Crippen molar-refractivity contribution >= 4 is 17.3 Å². The number of rotatable bonds is 9. The van der Waals surface area contributed by atoms with E-state index in [1.54, 1.807) is 11.3 Å². The Bertz CT molecular complexity index is 1270. The molecule has 5 nitrogen and oxygen atoms in total. The smallest absolute Gasteiger partial charge is 0.303 e. The molecule has 0 bridgehead atoms. The molecule has 0 saturated carbocycles. The predicted molar refractivity (Wildman–Crippen MR) is 144 cm³/mol. The van der Waals surface area contributed by atoms with E-state index < -0.39 is 5.97 Å². The van der Waals surface area contributed by atoms with Crippen LogP contribution >= 0.6 is 11.3 Å². The first-order valence-corrected chi connectivity index (χ1v) is 13.8. The number of aliphatic carboxylic acids is 1. The average molecular weight is 502 g/mol. The highest BCUT2D eigenvalue weighted by Gasteiger charge is 2.24. The van der Waals surface area contributed by atoms with Crippen molar-refractivity contribution in [3.63, 3.8) is 0 Å². The standard InChI is InChI=1S/C30H35N3O2S/c1-30(2,3)23-13-11-21(18-31)26(17-23)22(16-29(34)35)15-25-19-36-28(33-25)10-6-8-24-14-12-20-7-4-5-9-27(20)32-24/h11-14,17,19,22H,4-10,15-16H2,1-3H3,(H,34,35). The van der Waals surface area contributed by atoms with Crippen LogP contribution in [0.25, 0.3) is 0 Å². The first kappa shape index (κ1) is 26.0. The molecule has 1 N–H and O–H groups in total. The summed E-state index contributed by atoms with van der Waals surface area (Å²) >= 11 is 1.64. The van der Waals surface area contributed by atoms with Crippen LogP contribution in [0.1, 0.15) is 96.7 Å². The summed E-state index contributed by atoms with van der Waals surface area (Å²) in [6.07, 6.45) is 8.07. The van der Waals surface area contributed by atoms with Crippen molar-refractivity contribution in [2.75, 3.05) is 0 Å². The normalized spacial score (nSPS) is 14.2. The van der Waals surface area contributed by atoms with Gasteiger partial charge in [0.25, 0.3) is 0 Å². The molecule has 3 aromatic rings. The second-order valence-corrected chi connectivity index (χ2v) is 11.8. The molecule has 0 saturated heterocycles. The van der Waals surface area contributed by atoms with E-state index in [1.165, 1.54) is 24.1 Å². The van der Waals surface area contributed by atoms with Crippen molar-refractivity contribution < 1.29 is 9.90 Å². The first-order valence-electron chi connectivity index (χ1n) is 12.9. The summed E-state index contributed by atoms with van der Waals surface area (Å²) in [5.41, 5.74) is 7.13. The minimum atomic E-state index is -0.863. The number of nitrogens with zero attached hydrogens (tertiary/aromatic N) is 3. The maximum absolute atomic E-state index is 11.7. The summed E-state index contributed by atoms with van der Waals surface area (Å²) in [6.45, 7) is 6.37. The van der Waals surface area contributed by atoms with Crippen LogP contribution in [-0.2, 0) is 42.3 Å². The van der Waals surface area contributed by atoms with Gasteiger partial charge < -0.3 is 5.11 Å². The Kier molecular flexibility index (Phi) is 8.21. The second kappa shape index (κ2) is 11.3. The Balaban J connectivity index is 1.44. The molecule has 1 aromatic carbocycles. The third-order valence-corrected chi connectivity index (χ3v) is 7.97. The molecular formula is C30H35N3O2S. The van der Waals surface area contributed by atoms with Crippen LogP contribution in [0, 0.1) is 11.3 Å². The predicted octanol–water partition coefficient (Wildman–Crippen LogP) is 6.56. The van der Waals surface area contributed by atoms with Crippen LogP contribution in [0.5, 0.6) is 0 Å². The number of carbonyl (C=O) groups is 1. The van der Waals surface area contributed by atoms with Gasteiger partial charge in [0, 0.05) is 22.7 Å². The zero-order valence-corrected chi connectivity index (χ0v) is 22.3. The van der Waals surface area contributed by atoms with Gasteiger partial charge in [-0.1, -0.05) is 39.0 Å². The number of carboxylic acid groups (broad SMARTS) is 1. The SMILES string of the molecule is CC(C)(C)c1ccc(C#N)c(C(CC(=O)O)Cc2csc(CCCc3ccc4c(n3)CCCC4)n2)c1. The van der Waals surface area contributed by atoms with Gasteiger partial charge in [0.1, 0.15) is 0 Å². The highest BCUT2D eigenvalue weighted by atomic mass is 32.1. The van der Waals surface area contributed by atoms with Gasteiger partial charge in [0.15, 0.2) is 0 Å². The number of nitriles is 1. The molecule has 1 aliphatic carbocycles. The van der Waals surface area contributed by atoms with Gasteiger partial charge in [0.2, 0.25) is 0 Å². The van der Waals surface area contributed by atoms with Crippen LogP contribution in [0.2, 0.25) is 0 Å². The van der Waals surface area contributed by atoms with E-state index in [1.807, 2.05) is 23.6 Å². The number of hydrogen-bond acceptors (Lipinski definition) is 5. The summed E-state index contributed by atoms with van der Waals surface area (Å²) < 4.78 is 0. The van der Waals surface area contributed by atoms with Crippen molar-refractivity contribution in [2.24, 2.45) is 0 Å². The largest absolute Gasteiger partial charge is 0.481 e. The van der Waals surface area contributed by atoms with Gasteiger partial charge in [-0.25, -0.2) is 4.98 Å². The van der Waals surface area contributed by atoms with E-state index >= 15 is 0 Å². The van der Waals surface area contributed by atoms with E-state index in [9.17, 15) is 15.2 Å². The highest BCUT2D eigenvalue weighted by Crippen LogP contribution is 2.32. The minimum absolute atomic E-state index is 0.0286. The number of pyridine rings is 1. The monoisotopic (exact) mass is 501 g/mol. The third kappa shape index (κ3) is 6.59. The number of hydrogen-bond donors (Lipinski definition) is 1. The van der Waals surface area contributed by atoms with Crippen LogP contribution in [0.4, 0.5) is 0 Å². The van der Waals surface area contributed by atoms with Crippen LogP contribution in [0.15, 0.2) is 35.7 Å². The minimum Gasteiger partial charge on any atom is -0.481 e. The maximum Gasteiger partial charge on any atom is 0.303 e. The van der Waals surface area contributed by atoms with Crippen molar-refractivity contribution in [3.05, 3.63) is 80.1 Å². The number of carboxylic acids is 1. The van der Waals surface area contributed by atoms with Gasteiger partial charge in [-0.2, -0.15) is 5.26 Å². The van der Waals surface area contributed by atoms with E-state index in [4.69, 9.17) is 9.97 Å². The molecule has 1 atom stereocenters. The molecule has 4 rings (SSSR count). The fraction of sp³-hybridized carbons (Fsp3) is 0.467. The molecule has 0 spiro atoms. The Labute approximate surface area is 218 Å². The molecule has 1 unspecified atom stereocenters. The Morgan fingerprint density at radius 2 is 1.92 bits per heavy atom. The Morgan fingerprint density at radius 1 is 1.11 bits per heavy atom. The van der Waals surface area contributed by atoms with Crippen molar-refractivity contribution in [1.29, 1.82) is 5.26 Å². The van der Waals surface area contributed by atoms with E-state index in [0.717, 1.165) is 59.6 Å². The molecule has 0 amide bonds. The molecule has 36 heavy (non-hydrogen) atoms. The third-order valence-electron chi connectivity index (χ3n) is 7.01. The van der Waals surface area contributed by atoms with Gasteiger partial charge in [-0.05, 0) is 85.6 Å². The van der Waals surface area contributed by atoms with E-state index in [0.29, 0.717) is 12.0 Å². The number of aryl methyl sites for hydroxylation is 4. The molecule has 6 heteroatoms. The summed E-state index contributed by atoms with van der Waals surface area (Å²) in [6, 6.07) is 12.5. The number of benzene rings is 1. The van der Waals surface area contributed by atoms with Crippen molar-refractivity contribution in [3.8, 4) is 6.07 Å². The lowest BCUT2D eigenvalue weighted by Gasteiger charge is -2.23. The van der Waals surface area contributed by atoms with Crippen LogP contribution in [0.3, 0.4) is 0 Å². The lowest BCUT2D eigenvalue weighted by atomic mass is 9.81. The molecule has 2 heterocycles. The molecule has 0 radical (unpaired) electrons. The van der Waals surface area contributed by atoms with Gasteiger partial charge in [0.05, 0.1) is 28.8 Å². The average Bonchev–Trinajstić information content (AvgIpc) is 3.29. The molecule has 0 fully saturated rings. The second-order valence-electron chi connectivity index (χ2n) is 10.9. The zero-order valence-electron chi connectivity index (χ0n) is 21.5. The molecule has 2 aromatic heterocycles. The highest BCUT2D eigenvalue weighted by molar-refractivity contribution is 7.09. The number of fused-ring (bicyclic) bond motifs is 1. The van der Waals surface area contributed by atoms with Crippen molar-refractivity contribution in [2.45, 2.75) is 89.9 Å². The summed E-state index contributed by atoms with van der Waals surface area (Å²) in [4.78, 5) is 21.4. The number of thiazole rings is 1. The van der Waals surface area contributed by atoms with Gasteiger partial charge in [-0.3, -0.25) is 9.78 Å². The van der Waals surface area contributed by atoms with Crippen molar-refractivity contribution in [1.82, 2.24) is 9.97 Å². The Morgan fingerprint density at radius 3 is 2.67 bits per heavy atom. The lowest BCUT2D eigenvalue weighted by Crippen LogP contribution is -2.15. The fourth-order valence-corrected chi connectivity index (χ4v) is 5.82. The van der Waals surface area contributed by atoms with E-state index in [-0.39, 0.29) is 17.8 Å².